The predicted molar refractivity (Wildman–Crippen MR) is 66.1 cm³/mol. The largest absolute Gasteiger partial charge is 0.480 e. The van der Waals surface area contributed by atoms with E-state index in [1.807, 2.05) is 6.92 Å². The molecule has 0 saturated heterocycles. The summed E-state index contributed by atoms with van der Waals surface area (Å²) in [6.07, 6.45) is 4.36. The molecule has 0 fully saturated rings. The standard InChI is InChI=1S/C12H21N3O2/c1-4-6-13-10(9-17-5-2)11-12(16-3)15-8-7-14-11/h7-8,10,13H,4-6,9H2,1-3H3. The van der Waals surface area contributed by atoms with Gasteiger partial charge in [0.25, 0.3) is 0 Å². The lowest BCUT2D eigenvalue weighted by Gasteiger charge is -2.18. The van der Waals surface area contributed by atoms with Gasteiger partial charge in [-0.15, -0.1) is 0 Å². The van der Waals surface area contributed by atoms with Gasteiger partial charge in [-0.2, -0.15) is 0 Å². The SMILES string of the molecule is CCCNC(COCC)c1nccnc1OC. The van der Waals surface area contributed by atoms with Gasteiger partial charge in [0.05, 0.1) is 19.8 Å². The number of aromatic nitrogens is 2. The zero-order valence-electron chi connectivity index (χ0n) is 10.8. The van der Waals surface area contributed by atoms with Crippen molar-refractivity contribution in [2.45, 2.75) is 26.3 Å². The van der Waals surface area contributed by atoms with Gasteiger partial charge in [0.15, 0.2) is 0 Å². The van der Waals surface area contributed by atoms with E-state index in [4.69, 9.17) is 9.47 Å². The zero-order valence-corrected chi connectivity index (χ0v) is 10.8. The van der Waals surface area contributed by atoms with Gasteiger partial charge < -0.3 is 14.8 Å². The average Bonchev–Trinajstić information content (AvgIpc) is 2.39. The lowest BCUT2D eigenvalue weighted by Crippen LogP contribution is -2.27. The van der Waals surface area contributed by atoms with E-state index in [0.717, 1.165) is 18.7 Å². The first-order valence-electron chi connectivity index (χ1n) is 5.99. The van der Waals surface area contributed by atoms with Gasteiger partial charge in [0, 0.05) is 19.0 Å². The second kappa shape index (κ2) is 7.97. The molecule has 1 heterocycles. The van der Waals surface area contributed by atoms with E-state index >= 15 is 0 Å². The van der Waals surface area contributed by atoms with E-state index < -0.39 is 0 Å². The van der Waals surface area contributed by atoms with E-state index in [9.17, 15) is 0 Å². The third-order valence-electron chi connectivity index (χ3n) is 2.34. The number of rotatable bonds is 8. The molecule has 17 heavy (non-hydrogen) atoms. The minimum Gasteiger partial charge on any atom is -0.480 e. The number of methoxy groups -OCH3 is 1. The number of hydrogen-bond donors (Lipinski definition) is 1. The van der Waals surface area contributed by atoms with Crippen molar-refractivity contribution >= 4 is 0 Å². The maximum atomic E-state index is 5.46. The van der Waals surface area contributed by atoms with Gasteiger partial charge in [-0.25, -0.2) is 4.98 Å². The van der Waals surface area contributed by atoms with Crippen molar-refractivity contribution in [3.8, 4) is 5.88 Å². The van der Waals surface area contributed by atoms with Gasteiger partial charge in [0.2, 0.25) is 5.88 Å². The molecular weight excluding hydrogens is 218 g/mol. The van der Waals surface area contributed by atoms with Crippen molar-refractivity contribution in [1.29, 1.82) is 0 Å². The molecule has 1 aromatic heterocycles. The fraction of sp³-hybridized carbons (Fsp3) is 0.667. The maximum Gasteiger partial charge on any atom is 0.237 e. The van der Waals surface area contributed by atoms with Crippen LogP contribution in [0, 0.1) is 0 Å². The van der Waals surface area contributed by atoms with Crippen LogP contribution in [0.1, 0.15) is 32.0 Å². The maximum absolute atomic E-state index is 5.46. The molecule has 96 valence electrons. The van der Waals surface area contributed by atoms with Gasteiger partial charge in [-0.3, -0.25) is 4.98 Å². The highest BCUT2D eigenvalue weighted by Gasteiger charge is 2.17. The monoisotopic (exact) mass is 239 g/mol. The molecule has 0 saturated carbocycles. The highest BCUT2D eigenvalue weighted by Crippen LogP contribution is 2.19. The van der Waals surface area contributed by atoms with Crippen LogP contribution < -0.4 is 10.1 Å². The van der Waals surface area contributed by atoms with Crippen molar-refractivity contribution < 1.29 is 9.47 Å². The lowest BCUT2D eigenvalue weighted by atomic mass is 10.2. The fourth-order valence-corrected chi connectivity index (χ4v) is 1.52. The third kappa shape index (κ3) is 4.28. The molecule has 0 aliphatic carbocycles. The molecule has 0 bridgehead atoms. The van der Waals surface area contributed by atoms with Crippen LogP contribution in [0.5, 0.6) is 5.88 Å². The van der Waals surface area contributed by atoms with Crippen molar-refractivity contribution in [3.05, 3.63) is 18.1 Å². The quantitative estimate of drug-likeness (QED) is 0.746. The van der Waals surface area contributed by atoms with Crippen LogP contribution in [-0.2, 0) is 4.74 Å². The zero-order chi connectivity index (χ0) is 12.5. The van der Waals surface area contributed by atoms with Crippen LogP contribution in [0.4, 0.5) is 0 Å². The molecule has 0 radical (unpaired) electrons. The fourth-order valence-electron chi connectivity index (χ4n) is 1.52. The normalized spacial score (nSPS) is 12.4. The minimum atomic E-state index is 0.0264. The van der Waals surface area contributed by atoms with Crippen molar-refractivity contribution in [1.82, 2.24) is 15.3 Å². The number of nitrogens with one attached hydrogen (secondary N) is 1. The summed E-state index contributed by atoms with van der Waals surface area (Å²) in [5.41, 5.74) is 0.803. The second-order valence-corrected chi connectivity index (χ2v) is 3.62. The Kier molecular flexibility index (Phi) is 6.50. The first-order chi connectivity index (χ1) is 8.33. The molecule has 1 aromatic rings. The summed E-state index contributed by atoms with van der Waals surface area (Å²) in [5.74, 6) is 0.556. The summed E-state index contributed by atoms with van der Waals surface area (Å²) in [6.45, 7) is 6.28. The summed E-state index contributed by atoms with van der Waals surface area (Å²) in [5, 5.41) is 3.39. The molecule has 1 atom stereocenters. The van der Waals surface area contributed by atoms with E-state index in [1.165, 1.54) is 0 Å². The van der Waals surface area contributed by atoms with E-state index in [2.05, 4.69) is 22.2 Å². The molecule has 0 amide bonds. The Bertz CT molecular complexity index is 312. The Hall–Kier alpha value is -1.20. The molecule has 0 aliphatic rings. The number of nitrogens with zero attached hydrogens (tertiary/aromatic N) is 2. The predicted octanol–water partition coefficient (Wildman–Crippen LogP) is 1.56. The van der Waals surface area contributed by atoms with Gasteiger partial charge in [-0.05, 0) is 19.9 Å². The first-order valence-corrected chi connectivity index (χ1v) is 5.99. The van der Waals surface area contributed by atoms with E-state index in [-0.39, 0.29) is 6.04 Å². The van der Waals surface area contributed by atoms with Crippen LogP contribution in [0.2, 0.25) is 0 Å². The minimum absolute atomic E-state index is 0.0264. The molecule has 5 nitrogen and oxygen atoms in total. The summed E-state index contributed by atoms with van der Waals surface area (Å²) in [7, 11) is 1.60. The van der Waals surface area contributed by atoms with Crippen LogP contribution in [-0.4, -0.2) is 36.8 Å². The molecule has 0 aromatic carbocycles. The van der Waals surface area contributed by atoms with Crippen LogP contribution in [0.25, 0.3) is 0 Å². The van der Waals surface area contributed by atoms with Crippen molar-refractivity contribution in [3.63, 3.8) is 0 Å². The topological polar surface area (TPSA) is 56.3 Å². The number of ether oxygens (including phenoxy) is 2. The average molecular weight is 239 g/mol. The van der Waals surface area contributed by atoms with Crippen molar-refractivity contribution in [2.24, 2.45) is 0 Å². The van der Waals surface area contributed by atoms with Crippen LogP contribution in [0.3, 0.4) is 0 Å². The lowest BCUT2D eigenvalue weighted by molar-refractivity contribution is 0.120. The summed E-state index contributed by atoms with van der Waals surface area (Å²) in [4.78, 5) is 8.48. The van der Waals surface area contributed by atoms with Crippen LogP contribution >= 0.6 is 0 Å². The molecule has 0 aliphatic heterocycles. The number of hydrogen-bond acceptors (Lipinski definition) is 5. The van der Waals surface area contributed by atoms with Crippen LogP contribution in [0.15, 0.2) is 12.4 Å². The molecule has 1 unspecified atom stereocenters. The van der Waals surface area contributed by atoms with Gasteiger partial charge >= 0.3 is 0 Å². The third-order valence-corrected chi connectivity index (χ3v) is 2.34. The summed E-state index contributed by atoms with van der Waals surface area (Å²) >= 11 is 0. The summed E-state index contributed by atoms with van der Waals surface area (Å²) < 4.78 is 10.7. The molecule has 5 heteroatoms. The highest BCUT2D eigenvalue weighted by atomic mass is 16.5. The first kappa shape index (κ1) is 13.9. The van der Waals surface area contributed by atoms with Gasteiger partial charge in [0.1, 0.15) is 5.69 Å². The Balaban J connectivity index is 2.78. The summed E-state index contributed by atoms with van der Waals surface area (Å²) in [6, 6.07) is 0.0264. The molecule has 1 rings (SSSR count). The molecule has 0 spiro atoms. The Morgan fingerprint density at radius 3 is 2.71 bits per heavy atom. The Morgan fingerprint density at radius 2 is 2.06 bits per heavy atom. The van der Waals surface area contributed by atoms with E-state index in [1.54, 1.807) is 19.5 Å². The Morgan fingerprint density at radius 1 is 1.29 bits per heavy atom. The highest BCUT2D eigenvalue weighted by molar-refractivity contribution is 5.21. The second-order valence-electron chi connectivity index (χ2n) is 3.62. The van der Waals surface area contributed by atoms with Crippen molar-refractivity contribution in [2.75, 3.05) is 26.9 Å². The van der Waals surface area contributed by atoms with Gasteiger partial charge in [-0.1, -0.05) is 6.92 Å². The van der Waals surface area contributed by atoms with E-state index in [0.29, 0.717) is 19.1 Å². The molecular formula is C12H21N3O2. The smallest absolute Gasteiger partial charge is 0.237 e. The molecule has 1 N–H and O–H groups in total. The Labute approximate surface area is 103 Å².